The number of hydrogen-bond donors (Lipinski definition) is 2. The Labute approximate surface area is 140 Å². The van der Waals surface area contributed by atoms with Crippen LogP contribution in [0.25, 0.3) is 0 Å². The SMILES string of the molecule is Cc1cc(C(=O)NC2CCCN(c3ccccn3)C2)c(=O)[nH]c1C. The second-order valence-corrected chi connectivity index (χ2v) is 6.27. The van der Waals surface area contributed by atoms with Gasteiger partial charge in [-0.2, -0.15) is 0 Å². The van der Waals surface area contributed by atoms with Gasteiger partial charge in [0.1, 0.15) is 11.4 Å². The normalized spacial score (nSPS) is 17.6. The average Bonchev–Trinajstić information content (AvgIpc) is 2.59. The molecule has 3 rings (SSSR count). The van der Waals surface area contributed by atoms with Crippen molar-refractivity contribution in [3.63, 3.8) is 0 Å². The first-order valence-corrected chi connectivity index (χ1v) is 8.22. The molecule has 3 heterocycles. The zero-order chi connectivity index (χ0) is 17.1. The zero-order valence-electron chi connectivity index (χ0n) is 14.0. The molecule has 1 aliphatic heterocycles. The summed E-state index contributed by atoms with van der Waals surface area (Å²) in [7, 11) is 0. The van der Waals surface area contributed by atoms with E-state index < -0.39 is 0 Å². The van der Waals surface area contributed by atoms with Crippen LogP contribution in [0.3, 0.4) is 0 Å². The maximum absolute atomic E-state index is 12.5. The summed E-state index contributed by atoms with van der Waals surface area (Å²) in [6.07, 6.45) is 3.65. The number of carbonyl (C=O) groups excluding carboxylic acids is 1. The standard InChI is InChI=1S/C18H22N4O2/c1-12-10-15(17(23)20-13(12)2)18(24)21-14-6-5-9-22(11-14)16-7-3-4-8-19-16/h3-4,7-8,10,14H,5-6,9,11H2,1-2H3,(H,20,23)(H,21,24). The summed E-state index contributed by atoms with van der Waals surface area (Å²) in [5, 5.41) is 2.99. The summed E-state index contributed by atoms with van der Waals surface area (Å²) in [6.45, 7) is 5.33. The topological polar surface area (TPSA) is 78.1 Å². The van der Waals surface area contributed by atoms with E-state index in [1.54, 1.807) is 12.3 Å². The number of piperidine rings is 1. The summed E-state index contributed by atoms with van der Waals surface area (Å²) in [6, 6.07) is 7.48. The fourth-order valence-electron chi connectivity index (χ4n) is 3.00. The van der Waals surface area contributed by atoms with E-state index in [2.05, 4.69) is 20.2 Å². The molecule has 1 unspecified atom stereocenters. The maximum Gasteiger partial charge on any atom is 0.261 e. The third-order valence-corrected chi connectivity index (χ3v) is 4.47. The Morgan fingerprint density at radius 1 is 1.38 bits per heavy atom. The highest BCUT2D eigenvalue weighted by atomic mass is 16.2. The predicted molar refractivity (Wildman–Crippen MR) is 93.5 cm³/mol. The number of carbonyl (C=O) groups is 1. The van der Waals surface area contributed by atoms with Crippen molar-refractivity contribution < 1.29 is 4.79 Å². The lowest BCUT2D eigenvalue weighted by molar-refractivity contribution is 0.0931. The summed E-state index contributed by atoms with van der Waals surface area (Å²) < 4.78 is 0. The zero-order valence-corrected chi connectivity index (χ0v) is 14.0. The second kappa shape index (κ2) is 6.86. The van der Waals surface area contributed by atoms with E-state index in [4.69, 9.17) is 0 Å². The molecular formula is C18H22N4O2. The van der Waals surface area contributed by atoms with E-state index in [1.807, 2.05) is 32.0 Å². The van der Waals surface area contributed by atoms with Gasteiger partial charge in [0, 0.05) is 31.0 Å². The minimum Gasteiger partial charge on any atom is -0.355 e. The summed E-state index contributed by atoms with van der Waals surface area (Å²) in [5.41, 5.74) is 1.52. The number of nitrogens with zero attached hydrogens (tertiary/aromatic N) is 2. The lowest BCUT2D eigenvalue weighted by Gasteiger charge is -2.33. The fraction of sp³-hybridized carbons (Fsp3) is 0.389. The Morgan fingerprint density at radius 2 is 2.21 bits per heavy atom. The minimum absolute atomic E-state index is 0.00858. The molecule has 24 heavy (non-hydrogen) atoms. The van der Waals surface area contributed by atoms with Crippen LogP contribution in [0.2, 0.25) is 0 Å². The minimum atomic E-state index is -0.340. The van der Waals surface area contributed by atoms with Crippen molar-refractivity contribution in [1.29, 1.82) is 0 Å². The molecule has 6 heteroatoms. The number of aromatic nitrogens is 2. The Balaban J connectivity index is 1.71. The molecule has 1 aliphatic rings. The lowest BCUT2D eigenvalue weighted by Crippen LogP contribution is -2.48. The second-order valence-electron chi connectivity index (χ2n) is 6.27. The highest BCUT2D eigenvalue weighted by Gasteiger charge is 2.23. The number of rotatable bonds is 3. The molecule has 126 valence electrons. The molecule has 0 bridgehead atoms. The van der Waals surface area contributed by atoms with Gasteiger partial charge >= 0.3 is 0 Å². The van der Waals surface area contributed by atoms with Crippen LogP contribution in [0, 0.1) is 13.8 Å². The van der Waals surface area contributed by atoms with Crippen molar-refractivity contribution in [2.24, 2.45) is 0 Å². The third-order valence-electron chi connectivity index (χ3n) is 4.47. The number of anilines is 1. The number of hydrogen-bond acceptors (Lipinski definition) is 4. The van der Waals surface area contributed by atoms with Crippen molar-refractivity contribution in [3.05, 3.63) is 57.6 Å². The van der Waals surface area contributed by atoms with Gasteiger partial charge in [0.05, 0.1) is 0 Å². The molecule has 6 nitrogen and oxygen atoms in total. The Kier molecular flexibility index (Phi) is 4.64. The van der Waals surface area contributed by atoms with Crippen LogP contribution in [0.15, 0.2) is 35.3 Å². The Morgan fingerprint density at radius 3 is 2.96 bits per heavy atom. The Bertz CT molecular complexity index is 785. The van der Waals surface area contributed by atoms with Crippen LogP contribution in [-0.4, -0.2) is 35.0 Å². The van der Waals surface area contributed by atoms with E-state index in [1.165, 1.54) is 0 Å². The third kappa shape index (κ3) is 3.48. The molecule has 1 amide bonds. The molecule has 2 aromatic rings. The van der Waals surface area contributed by atoms with Gasteiger partial charge in [0.15, 0.2) is 0 Å². The van der Waals surface area contributed by atoms with Gasteiger partial charge in [-0.25, -0.2) is 4.98 Å². The van der Waals surface area contributed by atoms with E-state index in [0.29, 0.717) is 6.54 Å². The highest BCUT2D eigenvalue weighted by Crippen LogP contribution is 2.17. The maximum atomic E-state index is 12.5. The van der Waals surface area contributed by atoms with Crippen LogP contribution >= 0.6 is 0 Å². The fourth-order valence-corrected chi connectivity index (χ4v) is 3.00. The van der Waals surface area contributed by atoms with Gasteiger partial charge in [0.25, 0.3) is 11.5 Å². The van der Waals surface area contributed by atoms with Crippen LogP contribution in [-0.2, 0) is 0 Å². The number of aryl methyl sites for hydroxylation is 2. The first kappa shape index (κ1) is 16.2. The van der Waals surface area contributed by atoms with E-state index >= 15 is 0 Å². The predicted octanol–water partition coefficient (Wildman–Crippen LogP) is 1.79. The Hall–Kier alpha value is -2.63. The molecule has 1 fully saturated rings. The van der Waals surface area contributed by atoms with Gasteiger partial charge in [0.2, 0.25) is 0 Å². The average molecular weight is 326 g/mol. The molecule has 0 spiro atoms. The van der Waals surface area contributed by atoms with Crippen LogP contribution in [0.5, 0.6) is 0 Å². The monoisotopic (exact) mass is 326 g/mol. The van der Waals surface area contributed by atoms with Crippen LogP contribution in [0.4, 0.5) is 5.82 Å². The van der Waals surface area contributed by atoms with Crippen molar-refractivity contribution in [2.45, 2.75) is 32.7 Å². The van der Waals surface area contributed by atoms with Crippen molar-refractivity contribution in [2.75, 3.05) is 18.0 Å². The van der Waals surface area contributed by atoms with E-state index in [9.17, 15) is 9.59 Å². The van der Waals surface area contributed by atoms with Gasteiger partial charge in [-0.3, -0.25) is 9.59 Å². The largest absolute Gasteiger partial charge is 0.355 e. The van der Waals surface area contributed by atoms with Gasteiger partial charge in [-0.1, -0.05) is 6.07 Å². The van der Waals surface area contributed by atoms with E-state index in [0.717, 1.165) is 36.5 Å². The summed E-state index contributed by atoms with van der Waals surface area (Å²) in [4.78, 5) is 33.8. The summed E-state index contributed by atoms with van der Waals surface area (Å²) in [5.74, 6) is 0.604. The molecule has 0 aliphatic carbocycles. The molecule has 1 atom stereocenters. The molecular weight excluding hydrogens is 304 g/mol. The summed E-state index contributed by atoms with van der Waals surface area (Å²) >= 11 is 0. The van der Waals surface area contributed by atoms with Gasteiger partial charge < -0.3 is 15.2 Å². The first-order valence-electron chi connectivity index (χ1n) is 8.22. The lowest BCUT2D eigenvalue weighted by atomic mass is 10.0. The van der Waals surface area contributed by atoms with Crippen LogP contribution < -0.4 is 15.8 Å². The molecule has 2 aromatic heterocycles. The quantitative estimate of drug-likeness (QED) is 0.901. The van der Waals surface area contributed by atoms with Crippen molar-refractivity contribution >= 4 is 11.7 Å². The number of aromatic amines is 1. The molecule has 0 radical (unpaired) electrons. The first-order chi connectivity index (χ1) is 11.5. The molecule has 1 saturated heterocycles. The number of nitrogens with one attached hydrogen (secondary N) is 2. The molecule has 0 aromatic carbocycles. The van der Waals surface area contributed by atoms with Crippen LogP contribution in [0.1, 0.15) is 34.5 Å². The number of pyridine rings is 2. The van der Waals surface area contributed by atoms with Crippen molar-refractivity contribution in [1.82, 2.24) is 15.3 Å². The molecule has 0 saturated carbocycles. The van der Waals surface area contributed by atoms with E-state index in [-0.39, 0.29) is 23.1 Å². The smallest absolute Gasteiger partial charge is 0.261 e. The number of amides is 1. The highest BCUT2D eigenvalue weighted by molar-refractivity contribution is 5.94. The van der Waals surface area contributed by atoms with Gasteiger partial charge in [-0.15, -0.1) is 0 Å². The van der Waals surface area contributed by atoms with Crippen molar-refractivity contribution in [3.8, 4) is 0 Å². The van der Waals surface area contributed by atoms with Gasteiger partial charge in [-0.05, 0) is 50.5 Å². The number of H-pyrrole nitrogens is 1. The molecule has 2 N–H and O–H groups in total.